The Hall–Kier alpha value is -1.73. The quantitative estimate of drug-likeness (QED) is 0.658. The normalized spacial score (nSPS) is 16.4. The van der Waals surface area contributed by atoms with Crippen LogP contribution in [0.15, 0.2) is 18.2 Å². The van der Waals surface area contributed by atoms with Crippen molar-refractivity contribution in [2.75, 3.05) is 31.2 Å². The third-order valence-electron chi connectivity index (χ3n) is 3.36. The van der Waals surface area contributed by atoms with Crippen molar-refractivity contribution in [3.63, 3.8) is 0 Å². The predicted molar refractivity (Wildman–Crippen MR) is 71.3 cm³/mol. The van der Waals surface area contributed by atoms with Crippen molar-refractivity contribution in [1.82, 2.24) is 0 Å². The first-order chi connectivity index (χ1) is 9.61. The zero-order valence-corrected chi connectivity index (χ0v) is 11.0. The smallest absolute Gasteiger partial charge is 0.292 e. The summed E-state index contributed by atoms with van der Waals surface area (Å²) in [6.07, 6.45) is 1.45. The second-order valence-electron chi connectivity index (χ2n) is 4.67. The van der Waals surface area contributed by atoms with Gasteiger partial charge in [-0.15, -0.1) is 0 Å². The standard InChI is InChI=1S/C13H17FN2O4/c14-10-1-2-12(16(18)19)13(9-10)15-5-3-11(4-6-15)20-8-7-17/h1-2,9,11,17H,3-8H2. The van der Waals surface area contributed by atoms with Crippen molar-refractivity contribution in [1.29, 1.82) is 0 Å². The van der Waals surface area contributed by atoms with E-state index in [0.717, 1.165) is 6.07 Å². The van der Waals surface area contributed by atoms with Gasteiger partial charge in [0.1, 0.15) is 11.5 Å². The minimum atomic E-state index is -0.497. The molecule has 0 atom stereocenters. The van der Waals surface area contributed by atoms with Crippen molar-refractivity contribution < 1.29 is 19.2 Å². The van der Waals surface area contributed by atoms with Crippen LogP contribution in [-0.2, 0) is 4.74 Å². The molecule has 1 fully saturated rings. The maximum absolute atomic E-state index is 13.3. The zero-order chi connectivity index (χ0) is 14.5. The fourth-order valence-electron chi connectivity index (χ4n) is 2.39. The van der Waals surface area contributed by atoms with Gasteiger partial charge < -0.3 is 14.7 Å². The van der Waals surface area contributed by atoms with Crippen LogP contribution in [0.2, 0.25) is 0 Å². The molecule has 20 heavy (non-hydrogen) atoms. The molecule has 6 nitrogen and oxygen atoms in total. The average Bonchev–Trinajstić information content (AvgIpc) is 2.45. The van der Waals surface area contributed by atoms with E-state index in [-0.39, 0.29) is 18.4 Å². The predicted octanol–water partition coefficient (Wildman–Crippen LogP) is 1.71. The lowest BCUT2D eigenvalue weighted by atomic mass is 10.1. The number of hydrogen-bond donors (Lipinski definition) is 1. The Balaban J connectivity index is 2.06. The molecule has 1 saturated heterocycles. The molecule has 1 aromatic rings. The molecule has 2 rings (SSSR count). The van der Waals surface area contributed by atoms with Crippen LogP contribution in [0.25, 0.3) is 0 Å². The van der Waals surface area contributed by atoms with E-state index in [1.165, 1.54) is 12.1 Å². The van der Waals surface area contributed by atoms with Gasteiger partial charge in [-0.25, -0.2) is 4.39 Å². The maximum atomic E-state index is 13.3. The van der Waals surface area contributed by atoms with Gasteiger partial charge in [0.15, 0.2) is 0 Å². The second-order valence-corrected chi connectivity index (χ2v) is 4.67. The number of hydrogen-bond acceptors (Lipinski definition) is 5. The molecule has 7 heteroatoms. The lowest BCUT2D eigenvalue weighted by molar-refractivity contribution is -0.384. The molecular formula is C13H17FN2O4. The fraction of sp³-hybridized carbons (Fsp3) is 0.538. The van der Waals surface area contributed by atoms with Crippen LogP contribution in [0.5, 0.6) is 0 Å². The SMILES string of the molecule is O=[N+]([O-])c1ccc(F)cc1N1CCC(OCCO)CC1. The number of ether oxygens (including phenoxy) is 1. The Morgan fingerprint density at radius 3 is 2.75 bits per heavy atom. The third-order valence-corrected chi connectivity index (χ3v) is 3.36. The summed E-state index contributed by atoms with van der Waals surface area (Å²) in [7, 11) is 0. The van der Waals surface area contributed by atoms with Gasteiger partial charge in [0, 0.05) is 25.2 Å². The lowest BCUT2D eigenvalue weighted by Gasteiger charge is -2.33. The van der Waals surface area contributed by atoms with Gasteiger partial charge >= 0.3 is 0 Å². The van der Waals surface area contributed by atoms with Crippen LogP contribution < -0.4 is 4.90 Å². The summed E-state index contributed by atoms with van der Waals surface area (Å²) in [5.74, 6) is -0.482. The molecule has 0 spiro atoms. The summed E-state index contributed by atoms with van der Waals surface area (Å²) in [5.41, 5.74) is 0.233. The Bertz CT molecular complexity index is 475. The van der Waals surface area contributed by atoms with Crippen molar-refractivity contribution in [2.24, 2.45) is 0 Å². The molecule has 0 unspecified atom stereocenters. The van der Waals surface area contributed by atoms with Crippen molar-refractivity contribution in [2.45, 2.75) is 18.9 Å². The van der Waals surface area contributed by atoms with E-state index >= 15 is 0 Å². The highest BCUT2D eigenvalue weighted by Gasteiger charge is 2.25. The van der Waals surface area contributed by atoms with Crippen LogP contribution in [0.1, 0.15) is 12.8 Å². The molecule has 1 aliphatic heterocycles. The lowest BCUT2D eigenvalue weighted by Crippen LogP contribution is -2.37. The molecule has 1 heterocycles. The first kappa shape index (κ1) is 14.7. The van der Waals surface area contributed by atoms with Gasteiger partial charge in [0.2, 0.25) is 0 Å². The molecule has 0 aromatic heterocycles. The number of benzene rings is 1. The molecule has 0 amide bonds. The third kappa shape index (κ3) is 3.43. The zero-order valence-electron chi connectivity index (χ0n) is 11.0. The molecule has 1 N–H and O–H groups in total. The van der Waals surface area contributed by atoms with E-state index < -0.39 is 10.7 Å². The highest BCUT2D eigenvalue weighted by atomic mass is 19.1. The number of nitro benzene ring substituents is 1. The summed E-state index contributed by atoms with van der Waals surface area (Å²) in [4.78, 5) is 12.3. The Morgan fingerprint density at radius 1 is 1.45 bits per heavy atom. The Morgan fingerprint density at radius 2 is 2.15 bits per heavy atom. The molecule has 1 aromatic carbocycles. The topological polar surface area (TPSA) is 75.8 Å². The highest BCUT2D eigenvalue weighted by molar-refractivity contribution is 5.63. The Kier molecular flexibility index (Phi) is 4.86. The number of nitro groups is 1. The average molecular weight is 284 g/mol. The summed E-state index contributed by atoms with van der Waals surface area (Å²) in [6.45, 7) is 1.42. The molecule has 0 radical (unpaired) electrons. The largest absolute Gasteiger partial charge is 0.394 e. The highest BCUT2D eigenvalue weighted by Crippen LogP contribution is 2.31. The van der Waals surface area contributed by atoms with E-state index in [0.29, 0.717) is 38.2 Å². The first-order valence-electron chi connectivity index (χ1n) is 6.53. The molecule has 110 valence electrons. The van der Waals surface area contributed by atoms with Crippen LogP contribution in [-0.4, -0.2) is 42.4 Å². The second kappa shape index (κ2) is 6.62. The van der Waals surface area contributed by atoms with Crippen molar-refractivity contribution in [3.05, 3.63) is 34.1 Å². The molecule has 0 saturated carbocycles. The monoisotopic (exact) mass is 284 g/mol. The number of nitrogens with zero attached hydrogens (tertiary/aromatic N) is 2. The van der Waals surface area contributed by atoms with Gasteiger partial charge in [-0.3, -0.25) is 10.1 Å². The number of anilines is 1. The molecule has 1 aliphatic rings. The number of aliphatic hydroxyl groups is 1. The summed E-state index contributed by atoms with van der Waals surface area (Å²) < 4.78 is 18.7. The van der Waals surface area contributed by atoms with Crippen LogP contribution >= 0.6 is 0 Å². The summed E-state index contributed by atoms with van der Waals surface area (Å²) in [5, 5.41) is 19.7. The van der Waals surface area contributed by atoms with E-state index in [1.54, 1.807) is 4.90 Å². The minimum absolute atomic E-state index is 0.0183. The fourth-order valence-corrected chi connectivity index (χ4v) is 2.39. The van der Waals surface area contributed by atoms with Gasteiger partial charge in [-0.1, -0.05) is 0 Å². The van der Waals surface area contributed by atoms with Crippen LogP contribution in [0.3, 0.4) is 0 Å². The van der Waals surface area contributed by atoms with Gasteiger partial charge in [0.25, 0.3) is 5.69 Å². The van der Waals surface area contributed by atoms with Crippen LogP contribution in [0.4, 0.5) is 15.8 Å². The van der Waals surface area contributed by atoms with Gasteiger partial charge in [-0.05, 0) is 18.9 Å². The van der Waals surface area contributed by atoms with E-state index in [1.807, 2.05) is 0 Å². The van der Waals surface area contributed by atoms with Crippen molar-refractivity contribution in [3.8, 4) is 0 Å². The number of halogens is 1. The van der Waals surface area contributed by atoms with E-state index in [9.17, 15) is 14.5 Å². The molecule has 0 aliphatic carbocycles. The van der Waals surface area contributed by atoms with Crippen molar-refractivity contribution >= 4 is 11.4 Å². The number of aliphatic hydroxyl groups excluding tert-OH is 1. The summed E-state index contributed by atoms with van der Waals surface area (Å²) >= 11 is 0. The number of piperidine rings is 1. The molecule has 0 bridgehead atoms. The van der Waals surface area contributed by atoms with E-state index in [2.05, 4.69) is 0 Å². The number of rotatable bonds is 5. The Labute approximate surface area is 115 Å². The van der Waals surface area contributed by atoms with Crippen LogP contribution in [0, 0.1) is 15.9 Å². The molecular weight excluding hydrogens is 267 g/mol. The van der Waals surface area contributed by atoms with Gasteiger partial charge in [0.05, 0.1) is 24.2 Å². The minimum Gasteiger partial charge on any atom is -0.394 e. The maximum Gasteiger partial charge on any atom is 0.292 e. The summed E-state index contributed by atoms with van der Waals surface area (Å²) in [6, 6.07) is 3.49. The van der Waals surface area contributed by atoms with E-state index in [4.69, 9.17) is 9.84 Å². The first-order valence-corrected chi connectivity index (χ1v) is 6.53. The van der Waals surface area contributed by atoms with Gasteiger partial charge in [-0.2, -0.15) is 0 Å².